The van der Waals surface area contributed by atoms with Crippen molar-refractivity contribution in [1.29, 1.82) is 0 Å². The average molecular weight is 301 g/mol. The number of nitrogens with two attached hydrogens (primary N) is 1. The number of hydrogen-bond donors (Lipinski definition) is 2. The number of primary amides is 1. The minimum atomic E-state index is -0.649. The highest BCUT2D eigenvalue weighted by Gasteiger charge is 2.49. The fourth-order valence-corrected chi connectivity index (χ4v) is 3.78. The van der Waals surface area contributed by atoms with Gasteiger partial charge >= 0.3 is 6.09 Å². The second-order valence-corrected chi connectivity index (χ2v) is 7.10. The number of carbonyl (C=O) groups is 3. The largest absolute Gasteiger partial charge is 0.444 e. The Bertz CT molecular complexity index is 448. The summed E-state index contributed by atoms with van der Waals surface area (Å²) in [6, 6.07) is -1.23. The Morgan fingerprint density at radius 2 is 2.10 bits per heavy atom. The van der Waals surface area contributed by atoms with Crippen LogP contribution in [0, 0.1) is 0 Å². The molecule has 3 amide bonds. The molecule has 2 aliphatic rings. The highest BCUT2D eigenvalue weighted by atomic mass is 32.2. The van der Waals surface area contributed by atoms with Crippen LogP contribution in [0.1, 0.15) is 27.2 Å². The van der Waals surface area contributed by atoms with Crippen molar-refractivity contribution >= 4 is 29.7 Å². The molecule has 0 aromatic carbocycles. The number of nitrogens with one attached hydrogen (secondary N) is 1. The van der Waals surface area contributed by atoms with Gasteiger partial charge in [-0.1, -0.05) is 0 Å². The van der Waals surface area contributed by atoms with E-state index < -0.39 is 29.7 Å². The quantitative estimate of drug-likeness (QED) is 0.750. The molecular formula is C12H19N3O4S. The van der Waals surface area contributed by atoms with E-state index in [1.165, 1.54) is 16.7 Å². The molecule has 0 spiro atoms. The molecule has 2 fully saturated rings. The molecule has 2 aliphatic heterocycles. The molecular weight excluding hydrogens is 282 g/mol. The van der Waals surface area contributed by atoms with Gasteiger partial charge in [0.1, 0.15) is 17.7 Å². The fourth-order valence-electron chi connectivity index (χ4n) is 2.31. The maximum absolute atomic E-state index is 12.2. The molecule has 1 unspecified atom stereocenters. The molecule has 2 saturated heterocycles. The Balaban J connectivity index is 1.98. The van der Waals surface area contributed by atoms with Gasteiger partial charge in [-0.2, -0.15) is 0 Å². The van der Waals surface area contributed by atoms with Crippen molar-refractivity contribution in [2.45, 2.75) is 50.3 Å². The molecule has 0 aliphatic carbocycles. The first-order valence-corrected chi connectivity index (χ1v) is 7.46. The third kappa shape index (κ3) is 3.00. The topological polar surface area (TPSA) is 102 Å². The van der Waals surface area contributed by atoms with Crippen LogP contribution in [0.5, 0.6) is 0 Å². The number of nitrogens with zero attached hydrogens (tertiary/aromatic N) is 1. The zero-order chi connectivity index (χ0) is 15.1. The second kappa shape index (κ2) is 5.16. The van der Waals surface area contributed by atoms with Crippen molar-refractivity contribution in [2.24, 2.45) is 5.73 Å². The summed E-state index contributed by atoms with van der Waals surface area (Å²) in [7, 11) is 0. The maximum Gasteiger partial charge on any atom is 0.408 e. The summed E-state index contributed by atoms with van der Waals surface area (Å²) in [5.74, 6) is -0.258. The summed E-state index contributed by atoms with van der Waals surface area (Å²) in [6.07, 6.45) is -0.162. The van der Waals surface area contributed by atoms with Gasteiger partial charge in [-0.15, -0.1) is 11.8 Å². The molecule has 7 nitrogen and oxygen atoms in total. The summed E-state index contributed by atoms with van der Waals surface area (Å²) >= 11 is 1.51. The molecule has 0 aromatic heterocycles. The van der Waals surface area contributed by atoms with Crippen molar-refractivity contribution in [3.8, 4) is 0 Å². The van der Waals surface area contributed by atoms with E-state index in [0.717, 1.165) is 0 Å². The van der Waals surface area contributed by atoms with E-state index in [1.54, 1.807) is 20.8 Å². The third-order valence-electron chi connectivity index (χ3n) is 3.10. The van der Waals surface area contributed by atoms with Crippen LogP contribution in [-0.4, -0.2) is 51.6 Å². The van der Waals surface area contributed by atoms with E-state index >= 15 is 0 Å². The van der Waals surface area contributed by atoms with Gasteiger partial charge in [0, 0.05) is 12.2 Å². The van der Waals surface area contributed by atoms with E-state index in [4.69, 9.17) is 10.5 Å². The van der Waals surface area contributed by atoms with Gasteiger partial charge in [-0.3, -0.25) is 9.59 Å². The molecule has 20 heavy (non-hydrogen) atoms. The summed E-state index contributed by atoms with van der Waals surface area (Å²) in [5.41, 5.74) is 4.67. The van der Waals surface area contributed by atoms with Gasteiger partial charge in [0.05, 0.1) is 5.37 Å². The van der Waals surface area contributed by atoms with Gasteiger partial charge in [0.25, 0.3) is 0 Å². The van der Waals surface area contributed by atoms with Crippen LogP contribution in [0.15, 0.2) is 0 Å². The predicted octanol–water partition coefficient (Wildman–Crippen LogP) is 0.0388. The van der Waals surface area contributed by atoms with Gasteiger partial charge in [0.2, 0.25) is 11.8 Å². The molecule has 0 radical (unpaired) electrons. The maximum atomic E-state index is 12.2. The van der Waals surface area contributed by atoms with Crippen molar-refractivity contribution in [1.82, 2.24) is 10.2 Å². The number of ether oxygens (including phenoxy) is 1. The first-order valence-electron chi connectivity index (χ1n) is 6.41. The summed E-state index contributed by atoms with van der Waals surface area (Å²) in [6.45, 7) is 5.25. The third-order valence-corrected chi connectivity index (χ3v) is 4.41. The van der Waals surface area contributed by atoms with Crippen molar-refractivity contribution < 1.29 is 19.1 Å². The Morgan fingerprint density at radius 1 is 1.45 bits per heavy atom. The first-order chi connectivity index (χ1) is 9.19. The fraction of sp³-hybridized carbons (Fsp3) is 0.750. The van der Waals surface area contributed by atoms with Crippen LogP contribution in [0.25, 0.3) is 0 Å². The standard InChI is InChI=1S/C12H19N3O4S/c1-12(2,3)19-11(18)14-6-4-8-15(10(6)17)7(5-20-8)9(13)16/h6-8H,4-5H2,1-3H3,(H2,13,16)(H,14,18)/t6-,7?,8+/m1/s1. The predicted molar refractivity (Wildman–Crippen MR) is 73.8 cm³/mol. The van der Waals surface area contributed by atoms with E-state index in [0.29, 0.717) is 12.2 Å². The van der Waals surface area contributed by atoms with Gasteiger partial charge in [-0.05, 0) is 20.8 Å². The molecule has 0 saturated carbocycles. The minimum absolute atomic E-state index is 0.0973. The van der Waals surface area contributed by atoms with Crippen LogP contribution in [0.3, 0.4) is 0 Å². The van der Waals surface area contributed by atoms with Gasteiger partial charge in [0.15, 0.2) is 0 Å². The number of alkyl carbamates (subject to hydrolysis) is 1. The van der Waals surface area contributed by atoms with E-state index in [-0.39, 0.29) is 11.3 Å². The zero-order valence-electron chi connectivity index (χ0n) is 11.7. The van der Waals surface area contributed by atoms with Crippen molar-refractivity contribution in [2.75, 3.05) is 5.75 Å². The zero-order valence-corrected chi connectivity index (χ0v) is 12.5. The Labute approximate surface area is 121 Å². The lowest BCUT2D eigenvalue weighted by Gasteiger charge is -2.22. The average Bonchev–Trinajstić information content (AvgIpc) is 2.78. The van der Waals surface area contributed by atoms with Crippen molar-refractivity contribution in [3.05, 3.63) is 0 Å². The smallest absolute Gasteiger partial charge is 0.408 e. The lowest BCUT2D eigenvalue weighted by molar-refractivity contribution is -0.136. The molecule has 2 rings (SSSR count). The Kier molecular flexibility index (Phi) is 3.86. The van der Waals surface area contributed by atoms with E-state index in [9.17, 15) is 14.4 Å². The molecule has 3 N–H and O–H groups in total. The molecule has 2 heterocycles. The number of carbonyl (C=O) groups excluding carboxylic acids is 3. The van der Waals surface area contributed by atoms with Crippen molar-refractivity contribution in [3.63, 3.8) is 0 Å². The number of thioether (sulfide) groups is 1. The SMILES string of the molecule is CC(C)(C)OC(=O)N[C@@H]1C[C@@H]2SCC(C(N)=O)N2C1=O. The normalized spacial score (nSPS) is 29.2. The number of fused-ring (bicyclic) bond motifs is 1. The van der Waals surface area contributed by atoms with Crippen LogP contribution in [0.4, 0.5) is 4.79 Å². The molecule has 3 atom stereocenters. The Hall–Kier alpha value is -1.44. The first kappa shape index (κ1) is 15.0. The number of amides is 3. The van der Waals surface area contributed by atoms with Gasteiger partial charge < -0.3 is 20.7 Å². The van der Waals surface area contributed by atoms with Gasteiger partial charge in [-0.25, -0.2) is 4.79 Å². The highest BCUT2D eigenvalue weighted by Crippen LogP contribution is 2.37. The lowest BCUT2D eigenvalue weighted by atomic mass is 10.2. The van der Waals surface area contributed by atoms with Crippen LogP contribution in [-0.2, 0) is 14.3 Å². The summed E-state index contributed by atoms with van der Waals surface area (Å²) in [5, 5.41) is 2.46. The van der Waals surface area contributed by atoms with E-state index in [1.807, 2.05) is 0 Å². The highest BCUT2D eigenvalue weighted by molar-refractivity contribution is 8.00. The van der Waals surface area contributed by atoms with Crippen LogP contribution in [0.2, 0.25) is 0 Å². The Morgan fingerprint density at radius 3 is 2.65 bits per heavy atom. The second-order valence-electron chi connectivity index (χ2n) is 5.89. The molecule has 0 aromatic rings. The summed E-state index contributed by atoms with van der Waals surface area (Å²) < 4.78 is 5.13. The minimum Gasteiger partial charge on any atom is -0.444 e. The summed E-state index contributed by atoms with van der Waals surface area (Å²) in [4.78, 5) is 36.7. The number of rotatable bonds is 2. The molecule has 8 heteroatoms. The monoisotopic (exact) mass is 301 g/mol. The number of hydrogen-bond acceptors (Lipinski definition) is 5. The van der Waals surface area contributed by atoms with Crippen LogP contribution < -0.4 is 11.1 Å². The lowest BCUT2D eigenvalue weighted by Crippen LogP contribution is -2.49. The van der Waals surface area contributed by atoms with E-state index in [2.05, 4.69) is 5.32 Å². The molecule has 0 bridgehead atoms. The van der Waals surface area contributed by atoms with Crippen LogP contribution >= 0.6 is 11.8 Å². The molecule has 112 valence electrons.